The molecular formula is C12H18IN. The maximum Gasteiger partial charge on any atom is 0.0236 e. The summed E-state index contributed by atoms with van der Waals surface area (Å²) in [5.74, 6) is 0. The number of hydrogen-bond donors (Lipinski definition) is 0. The van der Waals surface area contributed by atoms with Gasteiger partial charge in [-0.15, -0.1) is 0 Å². The molecule has 1 aromatic carbocycles. The number of hydrogen-bond acceptors (Lipinski definition) is 1. The van der Waals surface area contributed by atoms with Crippen LogP contribution < -0.4 is 0 Å². The molecule has 0 bridgehead atoms. The highest BCUT2D eigenvalue weighted by Crippen LogP contribution is 2.14. The Morgan fingerprint density at radius 1 is 1.21 bits per heavy atom. The van der Waals surface area contributed by atoms with Crippen LogP contribution in [0.1, 0.15) is 25.0 Å². The van der Waals surface area contributed by atoms with Crippen molar-refractivity contribution in [3.63, 3.8) is 0 Å². The first-order chi connectivity index (χ1) is 6.67. The summed E-state index contributed by atoms with van der Waals surface area (Å²) in [6, 6.07) is 6.66. The lowest BCUT2D eigenvalue weighted by atomic mass is 10.1. The minimum Gasteiger partial charge on any atom is -0.300 e. The van der Waals surface area contributed by atoms with Gasteiger partial charge in [-0.25, -0.2) is 0 Å². The van der Waals surface area contributed by atoms with E-state index in [4.69, 9.17) is 0 Å². The van der Waals surface area contributed by atoms with Crippen molar-refractivity contribution >= 4 is 22.6 Å². The first-order valence-electron chi connectivity index (χ1n) is 5.14. The average Bonchev–Trinajstić information content (AvgIpc) is 2.19. The third-order valence-corrected chi connectivity index (χ3v) is 3.27. The van der Waals surface area contributed by atoms with Gasteiger partial charge in [0.25, 0.3) is 0 Å². The van der Waals surface area contributed by atoms with Crippen LogP contribution in [-0.2, 0) is 6.54 Å². The Morgan fingerprint density at radius 2 is 1.86 bits per heavy atom. The van der Waals surface area contributed by atoms with E-state index in [0.29, 0.717) is 0 Å². The van der Waals surface area contributed by atoms with Crippen LogP contribution in [0.15, 0.2) is 18.2 Å². The molecule has 78 valence electrons. The molecule has 0 aromatic heterocycles. The van der Waals surface area contributed by atoms with Crippen molar-refractivity contribution in [3.8, 4) is 0 Å². The van der Waals surface area contributed by atoms with Crippen molar-refractivity contribution in [3.05, 3.63) is 32.9 Å². The zero-order chi connectivity index (χ0) is 10.6. The van der Waals surface area contributed by atoms with Gasteiger partial charge in [0, 0.05) is 10.1 Å². The highest BCUT2D eigenvalue weighted by molar-refractivity contribution is 14.1. The minimum atomic E-state index is 1.08. The van der Waals surface area contributed by atoms with E-state index in [-0.39, 0.29) is 0 Å². The van der Waals surface area contributed by atoms with Gasteiger partial charge in [-0.1, -0.05) is 19.9 Å². The summed E-state index contributed by atoms with van der Waals surface area (Å²) in [5, 5.41) is 0. The molecule has 0 atom stereocenters. The number of aryl methyl sites for hydroxylation is 1. The van der Waals surface area contributed by atoms with Crippen LogP contribution in [0.25, 0.3) is 0 Å². The fraction of sp³-hybridized carbons (Fsp3) is 0.500. The predicted octanol–water partition coefficient (Wildman–Crippen LogP) is 3.44. The number of halogens is 1. The molecule has 0 spiro atoms. The quantitative estimate of drug-likeness (QED) is 0.770. The van der Waals surface area contributed by atoms with E-state index in [9.17, 15) is 0 Å². The van der Waals surface area contributed by atoms with Gasteiger partial charge >= 0.3 is 0 Å². The molecule has 0 fully saturated rings. The fourth-order valence-electron chi connectivity index (χ4n) is 1.50. The van der Waals surface area contributed by atoms with E-state index in [0.717, 1.165) is 19.6 Å². The second kappa shape index (κ2) is 5.71. The van der Waals surface area contributed by atoms with Gasteiger partial charge in [-0.05, 0) is 65.9 Å². The summed E-state index contributed by atoms with van der Waals surface area (Å²) < 4.78 is 1.33. The summed E-state index contributed by atoms with van der Waals surface area (Å²) in [7, 11) is 0. The molecule has 0 radical (unpaired) electrons. The van der Waals surface area contributed by atoms with Gasteiger partial charge in [-0.2, -0.15) is 0 Å². The van der Waals surface area contributed by atoms with Gasteiger partial charge in [0.05, 0.1) is 0 Å². The van der Waals surface area contributed by atoms with Crippen molar-refractivity contribution in [1.29, 1.82) is 0 Å². The SMILES string of the molecule is CCN(CC)Cc1cc(I)ccc1C. The van der Waals surface area contributed by atoms with Gasteiger partial charge in [0.15, 0.2) is 0 Å². The molecule has 0 N–H and O–H groups in total. The van der Waals surface area contributed by atoms with E-state index >= 15 is 0 Å². The molecule has 0 aliphatic rings. The lowest BCUT2D eigenvalue weighted by Gasteiger charge is -2.19. The smallest absolute Gasteiger partial charge is 0.0236 e. The van der Waals surface area contributed by atoms with E-state index in [1.54, 1.807) is 0 Å². The Hall–Kier alpha value is -0.0900. The van der Waals surface area contributed by atoms with E-state index in [1.165, 1.54) is 14.7 Å². The fourth-order valence-corrected chi connectivity index (χ4v) is 2.05. The van der Waals surface area contributed by atoms with Crippen LogP contribution >= 0.6 is 22.6 Å². The van der Waals surface area contributed by atoms with Crippen LogP contribution in [0.3, 0.4) is 0 Å². The zero-order valence-electron chi connectivity index (χ0n) is 9.18. The Morgan fingerprint density at radius 3 is 2.43 bits per heavy atom. The van der Waals surface area contributed by atoms with Crippen molar-refractivity contribution in [1.82, 2.24) is 4.90 Å². The topological polar surface area (TPSA) is 3.24 Å². The van der Waals surface area contributed by atoms with Crippen LogP contribution in [-0.4, -0.2) is 18.0 Å². The maximum atomic E-state index is 2.44. The Bertz CT molecular complexity index is 292. The molecule has 1 aromatic rings. The number of rotatable bonds is 4. The summed E-state index contributed by atoms with van der Waals surface area (Å²) in [5.41, 5.74) is 2.86. The monoisotopic (exact) mass is 303 g/mol. The number of benzene rings is 1. The van der Waals surface area contributed by atoms with E-state index in [1.807, 2.05) is 0 Å². The first-order valence-corrected chi connectivity index (χ1v) is 6.22. The largest absolute Gasteiger partial charge is 0.300 e. The van der Waals surface area contributed by atoms with Gasteiger partial charge in [0.2, 0.25) is 0 Å². The Balaban J connectivity index is 2.79. The Kier molecular flexibility index (Phi) is 4.89. The third-order valence-electron chi connectivity index (χ3n) is 2.60. The molecule has 14 heavy (non-hydrogen) atoms. The highest BCUT2D eigenvalue weighted by Gasteiger charge is 2.04. The molecule has 1 rings (SSSR count). The maximum absolute atomic E-state index is 2.44. The van der Waals surface area contributed by atoms with Gasteiger partial charge in [0.1, 0.15) is 0 Å². The summed E-state index contributed by atoms with van der Waals surface area (Å²) in [4.78, 5) is 2.44. The molecule has 0 aliphatic heterocycles. The molecule has 0 saturated carbocycles. The van der Waals surface area contributed by atoms with Gasteiger partial charge in [-0.3, -0.25) is 4.90 Å². The van der Waals surface area contributed by atoms with Gasteiger partial charge < -0.3 is 0 Å². The standard InChI is InChI=1S/C12H18IN/c1-4-14(5-2)9-11-8-12(13)7-6-10(11)3/h6-8H,4-5,9H2,1-3H3. The minimum absolute atomic E-state index is 1.08. The first kappa shape index (κ1) is 12.0. The molecule has 1 nitrogen and oxygen atoms in total. The second-order valence-electron chi connectivity index (χ2n) is 3.53. The Labute approximate surface area is 101 Å². The average molecular weight is 303 g/mol. The zero-order valence-corrected chi connectivity index (χ0v) is 11.3. The summed E-state index contributed by atoms with van der Waals surface area (Å²) >= 11 is 2.37. The van der Waals surface area contributed by atoms with Crippen LogP contribution in [0.5, 0.6) is 0 Å². The van der Waals surface area contributed by atoms with Crippen LogP contribution in [0.2, 0.25) is 0 Å². The lowest BCUT2D eigenvalue weighted by Crippen LogP contribution is -2.22. The molecule has 0 unspecified atom stereocenters. The third kappa shape index (κ3) is 3.24. The highest BCUT2D eigenvalue weighted by atomic mass is 127. The molecule has 2 heteroatoms. The summed E-state index contributed by atoms with van der Waals surface area (Å²) in [6.45, 7) is 9.95. The molecule has 0 heterocycles. The van der Waals surface area contributed by atoms with E-state index < -0.39 is 0 Å². The second-order valence-corrected chi connectivity index (χ2v) is 4.78. The van der Waals surface area contributed by atoms with Crippen LogP contribution in [0.4, 0.5) is 0 Å². The normalized spacial score (nSPS) is 10.9. The van der Waals surface area contributed by atoms with E-state index in [2.05, 4.69) is 66.5 Å². The van der Waals surface area contributed by atoms with Crippen molar-refractivity contribution in [2.75, 3.05) is 13.1 Å². The van der Waals surface area contributed by atoms with Crippen molar-refractivity contribution in [2.45, 2.75) is 27.3 Å². The molecule has 0 aliphatic carbocycles. The van der Waals surface area contributed by atoms with Crippen molar-refractivity contribution in [2.24, 2.45) is 0 Å². The lowest BCUT2D eigenvalue weighted by molar-refractivity contribution is 0.295. The molecular weight excluding hydrogens is 285 g/mol. The predicted molar refractivity (Wildman–Crippen MR) is 70.5 cm³/mol. The number of nitrogens with zero attached hydrogens (tertiary/aromatic N) is 1. The molecule has 0 amide bonds. The summed E-state index contributed by atoms with van der Waals surface area (Å²) in [6.07, 6.45) is 0. The van der Waals surface area contributed by atoms with Crippen molar-refractivity contribution < 1.29 is 0 Å². The van der Waals surface area contributed by atoms with Crippen LogP contribution in [0, 0.1) is 10.5 Å². The molecule has 0 saturated heterocycles.